The lowest BCUT2D eigenvalue weighted by Crippen LogP contribution is -2.30. The highest BCUT2D eigenvalue weighted by molar-refractivity contribution is 9.10. The highest BCUT2D eigenvalue weighted by Gasteiger charge is 2.32. The smallest absolute Gasteiger partial charge is 0.344 e. The highest BCUT2D eigenvalue weighted by Crippen LogP contribution is 2.43. The van der Waals surface area contributed by atoms with Gasteiger partial charge >= 0.3 is 5.97 Å². The number of benzene rings is 1. The van der Waals surface area contributed by atoms with Crippen LogP contribution in [-0.4, -0.2) is 30.4 Å². The van der Waals surface area contributed by atoms with Crippen molar-refractivity contribution < 1.29 is 19.4 Å². The molecule has 1 aliphatic rings. The van der Waals surface area contributed by atoms with Gasteiger partial charge in [0.25, 0.3) is 0 Å². The Kier molecular flexibility index (Phi) is 4.47. The van der Waals surface area contributed by atoms with Crippen molar-refractivity contribution >= 4 is 21.9 Å². The van der Waals surface area contributed by atoms with E-state index in [9.17, 15) is 4.79 Å². The first-order valence-electron chi connectivity index (χ1n) is 6.23. The fourth-order valence-corrected chi connectivity index (χ4v) is 2.58. The van der Waals surface area contributed by atoms with Gasteiger partial charge in [0.05, 0.1) is 6.10 Å². The number of aliphatic carboxylic acids is 1. The van der Waals surface area contributed by atoms with Crippen LogP contribution in [0.1, 0.15) is 31.2 Å². The summed E-state index contributed by atoms with van der Waals surface area (Å²) in [4.78, 5) is 10.9. The van der Waals surface area contributed by atoms with Crippen LogP contribution in [-0.2, 0) is 9.53 Å². The Morgan fingerprint density at radius 2 is 2.16 bits per heavy atom. The van der Waals surface area contributed by atoms with E-state index in [2.05, 4.69) is 15.9 Å². The maximum atomic E-state index is 10.9. The van der Waals surface area contributed by atoms with Crippen LogP contribution in [0, 0.1) is 0 Å². The number of hydrogen-bond donors (Lipinski definition) is 1. The van der Waals surface area contributed by atoms with Gasteiger partial charge in [0.15, 0.2) is 6.10 Å². The van der Waals surface area contributed by atoms with Crippen LogP contribution >= 0.6 is 15.9 Å². The molecule has 0 unspecified atom stereocenters. The topological polar surface area (TPSA) is 55.8 Å². The second-order valence-corrected chi connectivity index (χ2v) is 5.72. The summed E-state index contributed by atoms with van der Waals surface area (Å²) < 4.78 is 11.8. The zero-order valence-corrected chi connectivity index (χ0v) is 12.5. The van der Waals surface area contributed by atoms with E-state index in [1.807, 2.05) is 18.2 Å². The summed E-state index contributed by atoms with van der Waals surface area (Å²) in [5.41, 5.74) is 1.05. The van der Waals surface area contributed by atoms with Crippen molar-refractivity contribution in [3.05, 3.63) is 28.2 Å². The minimum atomic E-state index is -0.961. The van der Waals surface area contributed by atoms with Crippen molar-refractivity contribution in [3.8, 4) is 5.75 Å². The molecule has 1 aromatic carbocycles. The molecule has 1 aliphatic carbocycles. The van der Waals surface area contributed by atoms with Crippen molar-refractivity contribution in [3.63, 3.8) is 0 Å². The normalized spacial score (nSPS) is 23.5. The Labute approximate surface area is 120 Å². The minimum Gasteiger partial charge on any atom is -0.479 e. The number of halogens is 1. The van der Waals surface area contributed by atoms with E-state index >= 15 is 0 Å². The van der Waals surface area contributed by atoms with Gasteiger partial charge in [0, 0.05) is 11.6 Å². The molecule has 0 radical (unpaired) electrons. The SMILES string of the molecule is CO[C@H]1C[C@@H](c2cc(Br)ccc2O[C@@H](C)C(=O)O)C1. The summed E-state index contributed by atoms with van der Waals surface area (Å²) in [6.07, 6.45) is 1.35. The predicted octanol–water partition coefficient (Wildman–Crippen LogP) is 3.19. The fraction of sp³-hybridized carbons (Fsp3) is 0.500. The van der Waals surface area contributed by atoms with Crippen molar-refractivity contribution in [2.75, 3.05) is 7.11 Å². The molecule has 0 spiro atoms. The van der Waals surface area contributed by atoms with E-state index in [1.165, 1.54) is 6.92 Å². The number of carboxylic acids is 1. The van der Waals surface area contributed by atoms with Gasteiger partial charge in [-0.25, -0.2) is 4.79 Å². The molecule has 1 saturated carbocycles. The third kappa shape index (κ3) is 3.28. The third-order valence-corrected chi connectivity index (χ3v) is 3.98. The van der Waals surface area contributed by atoms with Crippen LogP contribution in [0.2, 0.25) is 0 Å². The number of ether oxygens (including phenoxy) is 2. The summed E-state index contributed by atoms with van der Waals surface area (Å²) in [6.45, 7) is 1.53. The lowest BCUT2D eigenvalue weighted by Gasteiger charge is -2.35. The molecule has 19 heavy (non-hydrogen) atoms. The Balaban J connectivity index is 2.16. The second-order valence-electron chi connectivity index (χ2n) is 4.81. The van der Waals surface area contributed by atoms with Crippen LogP contribution in [0.4, 0.5) is 0 Å². The molecule has 4 nitrogen and oxygen atoms in total. The zero-order valence-electron chi connectivity index (χ0n) is 10.9. The van der Waals surface area contributed by atoms with Crippen LogP contribution in [0.15, 0.2) is 22.7 Å². The Bertz CT molecular complexity index is 469. The van der Waals surface area contributed by atoms with Crippen molar-refractivity contribution in [2.45, 2.75) is 37.9 Å². The van der Waals surface area contributed by atoms with Gasteiger partial charge in [-0.05, 0) is 49.4 Å². The molecular formula is C14H17BrO4. The van der Waals surface area contributed by atoms with Gasteiger partial charge in [-0.1, -0.05) is 15.9 Å². The fourth-order valence-electron chi connectivity index (χ4n) is 2.20. The number of hydrogen-bond acceptors (Lipinski definition) is 3. The van der Waals surface area contributed by atoms with E-state index in [4.69, 9.17) is 14.6 Å². The zero-order chi connectivity index (χ0) is 14.0. The van der Waals surface area contributed by atoms with Crippen LogP contribution in [0.25, 0.3) is 0 Å². The van der Waals surface area contributed by atoms with Gasteiger partial charge in [0.2, 0.25) is 0 Å². The van der Waals surface area contributed by atoms with Crippen LogP contribution < -0.4 is 4.74 Å². The van der Waals surface area contributed by atoms with Crippen molar-refractivity contribution in [2.24, 2.45) is 0 Å². The molecule has 0 bridgehead atoms. The molecule has 0 amide bonds. The molecule has 0 aliphatic heterocycles. The van der Waals surface area contributed by atoms with Gasteiger partial charge < -0.3 is 14.6 Å². The minimum absolute atomic E-state index is 0.300. The van der Waals surface area contributed by atoms with Gasteiger partial charge in [-0.2, -0.15) is 0 Å². The summed E-state index contributed by atoms with van der Waals surface area (Å²) in [6, 6.07) is 5.68. The van der Waals surface area contributed by atoms with E-state index in [-0.39, 0.29) is 0 Å². The van der Waals surface area contributed by atoms with Gasteiger partial charge in [0.1, 0.15) is 5.75 Å². The van der Waals surface area contributed by atoms with Crippen LogP contribution in [0.3, 0.4) is 0 Å². The maximum absolute atomic E-state index is 10.9. The lowest BCUT2D eigenvalue weighted by atomic mass is 9.77. The molecule has 5 heteroatoms. The molecule has 1 aromatic rings. The average molecular weight is 329 g/mol. The van der Waals surface area contributed by atoms with E-state index < -0.39 is 12.1 Å². The first-order chi connectivity index (χ1) is 9.01. The first kappa shape index (κ1) is 14.3. The monoisotopic (exact) mass is 328 g/mol. The summed E-state index contributed by atoms with van der Waals surface area (Å²) in [5.74, 6) is 0.0633. The summed E-state index contributed by atoms with van der Waals surface area (Å²) >= 11 is 3.44. The molecule has 104 valence electrons. The molecule has 2 rings (SSSR count). The molecule has 1 atom stereocenters. The third-order valence-electron chi connectivity index (χ3n) is 3.49. The van der Waals surface area contributed by atoms with Crippen molar-refractivity contribution in [1.82, 2.24) is 0 Å². The molecule has 0 saturated heterocycles. The Morgan fingerprint density at radius 3 is 2.74 bits per heavy atom. The predicted molar refractivity (Wildman–Crippen MR) is 74.6 cm³/mol. The van der Waals surface area contributed by atoms with Crippen molar-refractivity contribution in [1.29, 1.82) is 0 Å². The van der Waals surface area contributed by atoms with Gasteiger partial charge in [-0.3, -0.25) is 0 Å². The quantitative estimate of drug-likeness (QED) is 0.901. The average Bonchev–Trinajstić information content (AvgIpc) is 2.30. The molecular weight excluding hydrogens is 312 g/mol. The summed E-state index contributed by atoms with van der Waals surface area (Å²) in [5, 5.41) is 8.92. The Hall–Kier alpha value is -1.07. The van der Waals surface area contributed by atoms with Crippen LogP contribution in [0.5, 0.6) is 5.75 Å². The lowest BCUT2D eigenvalue weighted by molar-refractivity contribution is -0.144. The molecule has 0 aromatic heterocycles. The van der Waals surface area contributed by atoms with E-state index in [0.29, 0.717) is 17.8 Å². The van der Waals surface area contributed by atoms with E-state index in [1.54, 1.807) is 7.11 Å². The number of rotatable bonds is 5. The summed E-state index contributed by atoms with van der Waals surface area (Å²) in [7, 11) is 1.71. The number of carbonyl (C=O) groups is 1. The Morgan fingerprint density at radius 1 is 1.47 bits per heavy atom. The number of methoxy groups -OCH3 is 1. The number of carboxylic acid groups (broad SMARTS) is 1. The highest BCUT2D eigenvalue weighted by atomic mass is 79.9. The maximum Gasteiger partial charge on any atom is 0.344 e. The molecule has 1 N–H and O–H groups in total. The molecule has 0 heterocycles. The first-order valence-corrected chi connectivity index (χ1v) is 7.02. The largest absolute Gasteiger partial charge is 0.479 e. The second kappa shape index (κ2) is 5.92. The standard InChI is InChI=1S/C14H17BrO4/c1-8(14(16)17)19-13-4-3-10(15)7-12(13)9-5-11(6-9)18-2/h3-4,7-9,11H,5-6H2,1-2H3,(H,16,17)/t8-,9-,11+/m0/s1. The van der Waals surface area contributed by atoms with Gasteiger partial charge in [-0.15, -0.1) is 0 Å². The van der Waals surface area contributed by atoms with E-state index in [0.717, 1.165) is 22.9 Å². The molecule has 1 fully saturated rings.